The third-order valence-corrected chi connectivity index (χ3v) is 7.00. The van der Waals surface area contributed by atoms with Crippen LogP contribution >= 0.6 is 11.3 Å². The third-order valence-electron chi connectivity index (χ3n) is 4.50. The molecule has 27 heavy (non-hydrogen) atoms. The molecule has 1 saturated heterocycles. The van der Waals surface area contributed by atoms with Crippen molar-refractivity contribution in [3.8, 4) is 0 Å². The van der Waals surface area contributed by atoms with Crippen molar-refractivity contribution in [1.29, 1.82) is 0 Å². The van der Waals surface area contributed by atoms with E-state index in [-0.39, 0.29) is 18.5 Å². The molecule has 1 fully saturated rings. The van der Waals surface area contributed by atoms with Gasteiger partial charge in [-0.3, -0.25) is 9.69 Å². The quantitative estimate of drug-likeness (QED) is 0.780. The Labute approximate surface area is 160 Å². The summed E-state index contributed by atoms with van der Waals surface area (Å²) < 4.78 is 48.0. The van der Waals surface area contributed by atoms with Crippen LogP contribution in [0.15, 0.2) is 41.3 Å². The second-order valence-corrected chi connectivity index (χ2v) is 9.69. The number of hydrogen-bond donors (Lipinski definition) is 1. The lowest BCUT2D eigenvalue weighted by Crippen LogP contribution is -2.32. The highest BCUT2D eigenvalue weighted by Gasteiger charge is 2.29. The monoisotopic (exact) mass is 414 g/mol. The number of carbonyl (C=O) groups excluding carboxylic acids is 1. The number of carbonyl (C=O) groups is 1. The Balaban J connectivity index is 1.62. The minimum absolute atomic E-state index is 0.221. The summed E-state index contributed by atoms with van der Waals surface area (Å²) >= 11 is 1.73. The molecule has 1 N–H and O–H groups in total. The zero-order valence-electron chi connectivity index (χ0n) is 14.7. The molecule has 5 nitrogen and oxygen atoms in total. The van der Waals surface area contributed by atoms with Crippen molar-refractivity contribution in [3.63, 3.8) is 0 Å². The van der Waals surface area contributed by atoms with E-state index in [1.54, 1.807) is 11.3 Å². The average molecular weight is 414 g/mol. The van der Waals surface area contributed by atoms with Gasteiger partial charge >= 0.3 is 5.76 Å². The molecule has 1 aliphatic heterocycles. The van der Waals surface area contributed by atoms with E-state index in [4.69, 9.17) is 0 Å². The summed E-state index contributed by atoms with van der Waals surface area (Å²) in [5.41, 5.74) is 0.371. The number of nitrogens with one attached hydrogen (secondary N) is 1. The van der Waals surface area contributed by atoms with Gasteiger partial charge in [0.2, 0.25) is 15.7 Å². The van der Waals surface area contributed by atoms with Crippen molar-refractivity contribution >= 4 is 32.8 Å². The van der Waals surface area contributed by atoms with E-state index < -0.39 is 20.5 Å². The van der Waals surface area contributed by atoms with Crippen molar-refractivity contribution in [2.24, 2.45) is 0 Å². The van der Waals surface area contributed by atoms with Gasteiger partial charge in [0, 0.05) is 21.5 Å². The van der Waals surface area contributed by atoms with Crippen LogP contribution in [0.5, 0.6) is 0 Å². The van der Waals surface area contributed by atoms with E-state index in [0.717, 1.165) is 31.5 Å². The number of rotatable bonds is 6. The van der Waals surface area contributed by atoms with E-state index >= 15 is 0 Å². The largest absolute Gasteiger partial charge is 0.341 e. The number of amides is 1. The second-order valence-electron chi connectivity index (χ2n) is 6.46. The Kier molecular flexibility index (Phi) is 5.92. The summed E-state index contributed by atoms with van der Waals surface area (Å²) in [4.78, 5) is 16.5. The summed E-state index contributed by atoms with van der Waals surface area (Å²) in [6.07, 6.45) is 2.03. The number of benzene rings is 1. The Hall–Kier alpha value is -1.84. The van der Waals surface area contributed by atoms with Gasteiger partial charge < -0.3 is 5.32 Å². The highest BCUT2D eigenvalue weighted by atomic mass is 32.2. The predicted molar refractivity (Wildman–Crippen MR) is 101 cm³/mol. The first-order chi connectivity index (χ1) is 12.8. The number of anilines is 1. The molecule has 1 unspecified atom stereocenters. The van der Waals surface area contributed by atoms with Crippen molar-refractivity contribution in [1.82, 2.24) is 4.90 Å². The molecule has 1 amide bonds. The van der Waals surface area contributed by atoms with E-state index in [2.05, 4.69) is 29.3 Å². The summed E-state index contributed by atoms with van der Waals surface area (Å²) in [7, 11) is -4.63. The average Bonchev–Trinajstić information content (AvgIpc) is 3.23. The maximum atomic E-state index is 12.6. The molecule has 0 saturated carbocycles. The topological polar surface area (TPSA) is 66.5 Å². The summed E-state index contributed by atoms with van der Waals surface area (Å²) in [6, 6.07) is 9.19. The van der Waals surface area contributed by atoms with Crippen molar-refractivity contribution < 1.29 is 22.0 Å². The fourth-order valence-electron chi connectivity index (χ4n) is 3.19. The molecule has 1 aromatic carbocycles. The molecule has 146 valence electrons. The summed E-state index contributed by atoms with van der Waals surface area (Å²) in [5, 5.41) is 2.69. The van der Waals surface area contributed by atoms with Crippen LogP contribution in [-0.2, 0) is 14.6 Å². The number of hydrogen-bond acceptors (Lipinski definition) is 5. The van der Waals surface area contributed by atoms with Gasteiger partial charge in [0.05, 0.1) is 11.4 Å². The van der Waals surface area contributed by atoms with Crippen molar-refractivity contribution in [2.45, 2.75) is 36.5 Å². The Morgan fingerprint density at radius 2 is 1.96 bits per heavy atom. The highest BCUT2D eigenvalue weighted by molar-refractivity contribution is 7.91. The molecule has 9 heteroatoms. The number of alkyl halides is 2. The minimum Gasteiger partial charge on any atom is -0.325 e. The Bertz CT molecular complexity index is 911. The molecule has 1 aromatic heterocycles. The van der Waals surface area contributed by atoms with Crippen molar-refractivity contribution in [2.75, 3.05) is 18.4 Å². The molecule has 0 aliphatic carbocycles. The maximum absolute atomic E-state index is 12.6. The molecule has 0 bridgehead atoms. The molecule has 1 aliphatic rings. The maximum Gasteiger partial charge on any atom is 0.341 e. The van der Waals surface area contributed by atoms with E-state index in [0.29, 0.717) is 5.69 Å². The molecular formula is C18H20F2N2O3S2. The first kappa shape index (κ1) is 19.9. The van der Waals surface area contributed by atoms with Gasteiger partial charge in [0.15, 0.2) is 0 Å². The SMILES string of the molecule is Cc1ccc(C2CCCN2CC(=O)Nc2ccc(S(=O)(=O)C(F)F)cc2)s1. The smallest absolute Gasteiger partial charge is 0.325 e. The Morgan fingerprint density at radius 3 is 2.56 bits per heavy atom. The first-order valence-electron chi connectivity index (χ1n) is 8.50. The van der Waals surface area contributed by atoms with Crippen LogP contribution in [0.2, 0.25) is 0 Å². The van der Waals surface area contributed by atoms with Gasteiger partial charge in [0.1, 0.15) is 0 Å². The van der Waals surface area contributed by atoms with Crippen molar-refractivity contribution in [3.05, 3.63) is 46.2 Å². The highest BCUT2D eigenvalue weighted by Crippen LogP contribution is 2.35. The molecule has 0 spiro atoms. The second kappa shape index (κ2) is 8.04. The molecule has 0 radical (unpaired) electrons. The number of thiophene rings is 1. The van der Waals surface area contributed by atoms with Crippen LogP contribution in [0.4, 0.5) is 14.5 Å². The van der Waals surface area contributed by atoms with E-state index in [1.807, 2.05) is 0 Å². The van der Waals surface area contributed by atoms with Gasteiger partial charge in [0.25, 0.3) is 0 Å². The first-order valence-corrected chi connectivity index (χ1v) is 10.9. The summed E-state index contributed by atoms with van der Waals surface area (Å²) in [6.45, 7) is 3.11. The van der Waals surface area contributed by atoms with E-state index in [1.165, 1.54) is 21.9 Å². The zero-order chi connectivity index (χ0) is 19.6. The van der Waals surface area contributed by atoms with Crippen LogP contribution in [0.1, 0.15) is 28.6 Å². The molecule has 2 heterocycles. The lowest BCUT2D eigenvalue weighted by molar-refractivity contribution is -0.117. The van der Waals surface area contributed by atoms with Gasteiger partial charge in [-0.15, -0.1) is 11.3 Å². The fraction of sp³-hybridized carbons (Fsp3) is 0.389. The van der Waals surface area contributed by atoms with Crippen LogP contribution in [0.3, 0.4) is 0 Å². The number of aryl methyl sites for hydroxylation is 1. The lowest BCUT2D eigenvalue weighted by atomic mass is 10.2. The van der Waals surface area contributed by atoms with Crippen LogP contribution in [0, 0.1) is 6.92 Å². The number of likely N-dealkylation sites (tertiary alicyclic amines) is 1. The lowest BCUT2D eigenvalue weighted by Gasteiger charge is -2.23. The normalized spacial score (nSPS) is 18.1. The summed E-state index contributed by atoms with van der Waals surface area (Å²) in [5.74, 6) is -3.69. The zero-order valence-corrected chi connectivity index (χ0v) is 16.3. The van der Waals surface area contributed by atoms with Gasteiger partial charge in [-0.1, -0.05) is 0 Å². The van der Waals surface area contributed by atoms with E-state index in [9.17, 15) is 22.0 Å². The number of sulfone groups is 1. The van der Waals surface area contributed by atoms with Gasteiger partial charge in [-0.05, 0) is 62.7 Å². The van der Waals surface area contributed by atoms with Gasteiger partial charge in [-0.25, -0.2) is 8.42 Å². The number of halogens is 2. The predicted octanol–water partition coefficient (Wildman–Crippen LogP) is 3.83. The van der Waals surface area contributed by atoms with Crippen LogP contribution < -0.4 is 5.32 Å². The van der Waals surface area contributed by atoms with Crippen LogP contribution in [0.25, 0.3) is 0 Å². The molecule has 2 aromatic rings. The molecule has 1 atom stereocenters. The molecular weight excluding hydrogens is 394 g/mol. The fourth-order valence-corrected chi connectivity index (χ4v) is 4.95. The third kappa shape index (κ3) is 4.53. The standard InChI is InChI=1S/C18H20F2N2O3S2/c1-12-4-9-16(26-12)15-3-2-10-22(15)11-17(23)21-13-5-7-14(8-6-13)27(24,25)18(19)20/h4-9,15,18H,2-3,10-11H2,1H3,(H,21,23). The molecule has 3 rings (SSSR count). The minimum atomic E-state index is -4.63. The Morgan fingerprint density at radius 1 is 1.26 bits per heavy atom. The van der Waals surface area contributed by atoms with Gasteiger partial charge in [-0.2, -0.15) is 8.78 Å². The van der Waals surface area contributed by atoms with Crippen LogP contribution in [-0.4, -0.2) is 38.1 Å². The number of nitrogens with zero attached hydrogens (tertiary/aromatic N) is 1.